The Labute approximate surface area is 100 Å². The Morgan fingerprint density at radius 1 is 1.41 bits per heavy atom. The van der Waals surface area contributed by atoms with Crippen LogP contribution in [0, 0.1) is 6.92 Å². The van der Waals surface area contributed by atoms with Gasteiger partial charge in [-0.15, -0.1) is 0 Å². The first kappa shape index (κ1) is 11.7. The lowest BCUT2D eigenvalue weighted by Gasteiger charge is -2.14. The summed E-state index contributed by atoms with van der Waals surface area (Å²) in [7, 11) is 3.43. The molecule has 1 N–H and O–H groups in total. The van der Waals surface area contributed by atoms with Crippen molar-refractivity contribution in [3.8, 4) is 5.75 Å². The SMILES string of the molecule is COc1cc(C)ccc1C(O)c1cnn(C)c1. The van der Waals surface area contributed by atoms with E-state index in [-0.39, 0.29) is 0 Å². The van der Waals surface area contributed by atoms with E-state index in [9.17, 15) is 5.11 Å². The number of hydrogen-bond acceptors (Lipinski definition) is 3. The van der Waals surface area contributed by atoms with Gasteiger partial charge in [-0.05, 0) is 18.6 Å². The summed E-state index contributed by atoms with van der Waals surface area (Å²) in [5.74, 6) is 0.696. The largest absolute Gasteiger partial charge is 0.496 e. The van der Waals surface area contributed by atoms with Crippen molar-refractivity contribution in [3.63, 3.8) is 0 Å². The third kappa shape index (κ3) is 2.31. The van der Waals surface area contributed by atoms with Crippen LogP contribution in [0.15, 0.2) is 30.6 Å². The molecule has 0 radical (unpaired) electrons. The van der Waals surface area contributed by atoms with Gasteiger partial charge >= 0.3 is 0 Å². The number of benzene rings is 1. The van der Waals surface area contributed by atoms with Gasteiger partial charge in [0.25, 0.3) is 0 Å². The molecule has 1 unspecified atom stereocenters. The molecular weight excluding hydrogens is 216 g/mol. The highest BCUT2D eigenvalue weighted by Gasteiger charge is 2.16. The fourth-order valence-corrected chi connectivity index (χ4v) is 1.81. The van der Waals surface area contributed by atoms with Crippen molar-refractivity contribution in [2.75, 3.05) is 7.11 Å². The van der Waals surface area contributed by atoms with Crippen molar-refractivity contribution in [1.82, 2.24) is 9.78 Å². The summed E-state index contributed by atoms with van der Waals surface area (Å²) in [4.78, 5) is 0. The summed E-state index contributed by atoms with van der Waals surface area (Å²) in [5, 5.41) is 14.3. The molecule has 1 heterocycles. The van der Waals surface area contributed by atoms with E-state index in [2.05, 4.69) is 5.10 Å². The molecule has 0 aliphatic heterocycles. The molecular formula is C13H16N2O2. The minimum atomic E-state index is -0.709. The van der Waals surface area contributed by atoms with Gasteiger partial charge in [0, 0.05) is 24.4 Å². The van der Waals surface area contributed by atoms with E-state index in [1.54, 1.807) is 24.2 Å². The molecule has 0 fully saturated rings. The second-order valence-electron chi connectivity index (χ2n) is 4.10. The number of aromatic nitrogens is 2. The maximum absolute atomic E-state index is 10.3. The maximum Gasteiger partial charge on any atom is 0.125 e. The zero-order valence-corrected chi connectivity index (χ0v) is 10.2. The zero-order valence-electron chi connectivity index (χ0n) is 10.2. The Morgan fingerprint density at radius 2 is 2.18 bits per heavy atom. The molecule has 0 saturated carbocycles. The highest BCUT2D eigenvalue weighted by molar-refractivity contribution is 5.41. The van der Waals surface area contributed by atoms with Crippen LogP contribution >= 0.6 is 0 Å². The Morgan fingerprint density at radius 3 is 2.76 bits per heavy atom. The second kappa shape index (κ2) is 4.59. The van der Waals surface area contributed by atoms with Crippen LogP contribution in [0.3, 0.4) is 0 Å². The van der Waals surface area contributed by atoms with Crippen LogP contribution in [0.25, 0.3) is 0 Å². The number of rotatable bonds is 3. The second-order valence-corrected chi connectivity index (χ2v) is 4.10. The van der Waals surface area contributed by atoms with Crippen molar-refractivity contribution in [3.05, 3.63) is 47.3 Å². The molecule has 0 amide bonds. The smallest absolute Gasteiger partial charge is 0.125 e. The molecule has 1 aromatic heterocycles. The minimum Gasteiger partial charge on any atom is -0.496 e. The van der Waals surface area contributed by atoms with E-state index in [1.807, 2.05) is 32.2 Å². The molecule has 0 aliphatic carbocycles. The highest BCUT2D eigenvalue weighted by atomic mass is 16.5. The summed E-state index contributed by atoms with van der Waals surface area (Å²) >= 11 is 0. The number of ether oxygens (including phenoxy) is 1. The first-order valence-electron chi connectivity index (χ1n) is 5.43. The number of methoxy groups -OCH3 is 1. The van der Waals surface area contributed by atoms with Gasteiger partial charge in [0.05, 0.1) is 13.3 Å². The Hall–Kier alpha value is -1.81. The molecule has 0 bridgehead atoms. The molecule has 0 aliphatic rings. The topological polar surface area (TPSA) is 47.3 Å². The van der Waals surface area contributed by atoms with Gasteiger partial charge in [-0.3, -0.25) is 4.68 Å². The fourth-order valence-electron chi connectivity index (χ4n) is 1.81. The van der Waals surface area contributed by atoms with E-state index >= 15 is 0 Å². The van der Waals surface area contributed by atoms with Gasteiger partial charge in [0.2, 0.25) is 0 Å². The first-order valence-corrected chi connectivity index (χ1v) is 5.43. The van der Waals surface area contributed by atoms with Crippen molar-refractivity contribution >= 4 is 0 Å². The van der Waals surface area contributed by atoms with Crippen LogP contribution in [-0.4, -0.2) is 22.0 Å². The monoisotopic (exact) mass is 232 g/mol. The number of nitrogens with zero attached hydrogens (tertiary/aromatic N) is 2. The fraction of sp³-hybridized carbons (Fsp3) is 0.308. The predicted octanol–water partition coefficient (Wildman–Crippen LogP) is 1.82. The van der Waals surface area contributed by atoms with Crippen molar-refractivity contribution in [2.45, 2.75) is 13.0 Å². The lowest BCUT2D eigenvalue weighted by atomic mass is 10.0. The number of hydrogen-bond donors (Lipinski definition) is 1. The summed E-state index contributed by atoms with van der Waals surface area (Å²) in [5.41, 5.74) is 2.62. The summed E-state index contributed by atoms with van der Waals surface area (Å²) in [6.45, 7) is 1.99. The Bertz CT molecular complexity index is 520. The standard InChI is InChI=1S/C13H16N2O2/c1-9-4-5-11(12(6-9)17-3)13(16)10-7-14-15(2)8-10/h4-8,13,16H,1-3H3. The molecule has 1 atom stereocenters. The molecule has 4 nitrogen and oxygen atoms in total. The van der Waals surface area contributed by atoms with Crippen molar-refractivity contribution in [1.29, 1.82) is 0 Å². The van der Waals surface area contributed by atoms with Crippen LogP contribution in [0.4, 0.5) is 0 Å². The number of aryl methyl sites for hydroxylation is 2. The summed E-state index contributed by atoms with van der Waals surface area (Å²) < 4.78 is 6.95. The maximum atomic E-state index is 10.3. The lowest BCUT2D eigenvalue weighted by molar-refractivity contribution is 0.214. The van der Waals surface area contributed by atoms with Crippen molar-refractivity contribution in [2.24, 2.45) is 7.05 Å². The lowest BCUT2D eigenvalue weighted by Crippen LogP contribution is -2.02. The van der Waals surface area contributed by atoms with Gasteiger partial charge in [-0.1, -0.05) is 12.1 Å². The molecule has 0 spiro atoms. The van der Waals surface area contributed by atoms with E-state index in [1.165, 1.54) is 0 Å². The Balaban J connectivity index is 2.39. The zero-order chi connectivity index (χ0) is 12.4. The summed E-state index contributed by atoms with van der Waals surface area (Å²) in [6, 6.07) is 5.75. The van der Waals surface area contributed by atoms with Crippen LogP contribution in [0.2, 0.25) is 0 Å². The number of aliphatic hydroxyl groups is 1. The van der Waals surface area contributed by atoms with E-state index in [0.29, 0.717) is 5.75 Å². The summed E-state index contributed by atoms with van der Waals surface area (Å²) in [6.07, 6.45) is 2.74. The molecule has 2 rings (SSSR count). The first-order chi connectivity index (χ1) is 8.11. The van der Waals surface area contributed by atoms with Crippen LogP contribution in [0.5, 0.6) is 5.75 Å². The van der Waals surface area contributed by atoms with Crippen LogP contribution in [-0.2, 0) is 7.05 Å². The average Bonchev–Trinajstić information content (AvgIpc) is 2.75. The molecule has 17 heavy (non-hydrogen) atoms. The molecule has 2 aromatic rings. The Kier molecular flexibility index (Phi) is 3.15. The van der Waals surface area contributed by atoms with Gasteiger partial charge in [-0.2, -0.15) is 5.10 Å². The van der Waals surface area contributed by atoms with Gasteiger partial charge in [0.1, 0.15) is 11.9 Å². The quantitative estimate of drug-likeness (QED) is 0.878. The normalized spacial score (nSPS) is 12.5. The highest BCUT2D eigenvalue weighted by Crippen LogP contribution is 2.30. The average molecular weight is 232 g/mol. The van der Waals surface area contributed by atoms with Crippen LogP contribution < -0.4 is 4.74 Å². The molecule has 90 valence electrons. The minimum absolute atomic E-state index is 0.696. The predicted molar refractivity (Wildman–Crippen MR) is 65.0 cm³/mol. The third-order valence-corrected chi connectivity index (χ3v) is 2.72. The van der Waals surface area contributed by atoms with E-state index in [0.717, 1.165) is 16.7 Å². The van der Waals surface area contributed by atoms with Gasteiger partial charge < -0.3 is 9.84 Å². The van der Waals surface area contributed by atoms with Crippen LogP contribution in [0.1, 0.15) is 22.8 Å². The number of aliphatic hydroxyl groups excluding tert-OH is 1. The molecule has 0 saturated heterocycles. The van der Waals surface area contributed by atoms with E-state index in [4.69, 9.17) is 4.74 Å². The molecule has 1 aromatic carbocycles. The van der Waals surface area contributed by atoms with E-state index < -0.39 is 6.10 Å². The van der Waals surface area contributed by atoms with Gasteiger partial charge in [-0.25, -0.2) is 0 Å². The van der Waals surface area contributed by atoms with Crippen molar-refractivity contribution < 1.29 is 9.84 Å². The third-order valence-electron chi connectivity index (χ3n) is 2.72. The van der Waals surface area contributed by atoms with Gasteiger partial charge in [0.15, 0.2) is 0 Å². The molecule has 4 heteroatoms.